The molecule has 1 aliphatic rings. The molecule has 1 aromatic heterocycles. The van der Waals surface area contributed by atoms with Crippen molar-refractivity contribution in [2.45, 2.75) is 78.0 Å². The molecule has 4 heteroatoms. The molecule has 0 bridgehead atoms. The van der Waals surface area contributed by atoms with E-state index in [1.165, 1.54) is 5.69 Å². The molecule has 21 heavy (non-hydrogen) atoms. The molecule has 1 fully saturated rings. The highest BCUT2D eigenvalue weighted by atomic mass is 16.5. The third kappa shape index (κ3) is 5.79. The zero-order chi connectivity index (χ0) is 15.3. The van der Waals surface area contributed by atoms with E-state index in [1.54, 1.807) is 0 Å². The Morgan fingerprint density at radius 3 is 2.67 bits per heavy atom. The minimum atomic E-state index is 0.301. The summed E-state index contributed by atoms with van der Waals surface area (Å²) in [7, 11) is 0. The number of ether oxygens (including phenoxy) is 1. The van der Waals surface area contributed by atoms with E-state index in [0.717, 1.165) is 51.7 Å². The molecule has 1 aliphatic carbocycles. The lowest BCUT2D eigenvalue weighted by molar-refractivity contribution is 0.0224. The fourth-order valence-corrected chi connectivity index (χ4v) is 2.98. The summed E-state index contributed by atoms with van der Waals surface area (Å²) >= 11 is 0. The van der Waals surface area contributed by atoms with Gasteiger partial charge in [-0.05, 0) is 43.9 Å². The number of nitrogens with zero attached hydrogens (tertiary/aromatic N) is 2. The number of hydrogen-bond donors (Lipinski definition) is 1. The van der Waals surface area contributed by atoms with Crippen molar-refractivity contribution in [3.05, 3.63) is 18.2 Å². The lowest BCUT2D eigenvalue weighted by Gasteiger charge is -2.26. The Morgan fingerprint density at radius 2 is 2.00 bits per heavy atom. The largest absolute Gasteiger partial charge is 0.378 e. The molecule has 2 N–H and O–H groups in total. The molecular weight excluding hydrogens is 262 g/mol. The molecule has 0 spiro atoms. The van der Waals surface area contributed by atoms with Gasteiger partial charge in [0.25, 0.3) is 0 Å². The summed E-state index contributed by atoms with van der Waals surface area (Å²) < 4.78 is 8.25. The van der Waals surface area contributed by atoms with Gasteiger partial charge in [-0.1, -0.05) is 20.8 Å². The summed E-state index contributed by atoms with van der Waals surface area (Å²) in [6.07, 6.45) is 11.0. The Labute approximate surface area is 129 Å². The van der Waals surface area contributed by atoms with Crippen molar-refractivity contribution in [2.75, 3.05) is 6.61 Å². The minimum absolute atomic E-state index is 0.301. The fraction of sp³-hybridized carbons (Fsp3) is 0.824. The molecule has 0 saturated heterocycles. The first-order valence-electron chi connectivity index (χ1n) is 8.30. The first kappa shape index (κ1) is 16.5. The van der Waals surface area contributed by atoms with Crippen LogP contribution in [0.1, 0.15) is 58.6 Å². The zero-order valence-corrected chi connectivity index (χ0v) is 13.8. The highest BCUT2D eigenvalue weighted by Crippen LogP contribution is 2.21. The van der Waals surface area contributed by atoms with Gasteiger partial charge in [-0.2, -0.15) is 0 Å². The van der Waals surface area contributed by atoms with Crippen LogP contribution < -0.4 is 5.73 Å². The summed E-state index contributed by atoms with van der Waals surface area (Å²) in [6.45, 7) is 8.63. The van der Waals surface area contributed by atoms with Crippen LogP contribution in [0.2, 0.25) is 0 Å². The first-order valence-corrected chi connectivity index (χ1v) is 8.30. The number of rotatable bonds is 6. The Morgan fingerprint density at radius 1 is 1.29 bits per heavy atom. The van der Waals surface area contributed by atoms with E-state index in [-0.39, 0.29) is 0 Å². The van der Waals surface area contributed by atoms with E-state index >= 15 is 0 Å². The van der Waals surface area contributed by atoms with E-state index in [2.05, 4.69) is 30.3 Å². The van der Waals surface area contributed by atoms with Crippen molar-refractivity contribution in [3.8, 4) is 0 Å². The second-order valence-corrected chi connectivity index (χ2v) is 7.58. The summed E-state index contributed by atoms with van der Waals surface area (Å²) in [5.41, 5.74) is 7.54. The maximum absolute atomic E-state index is 5.98. The van der Waals surface area contributed by atoms with Crippen LogP contribution in [-0.4, -0.2) is 28.3 Å². The molecule has 0 atom stereocenters. The third-order valence-corrected chi connectivity index (χ3v) is 4.13. The molecule has 4 nitrogen and oxygen atoms in total. The lowest BCUT2D eigenvalue weighted by Crippen LogP contribution is -2.30. The van der Waals surface area contributed by atoms with Crippen LogP contribution in [0.15, 0.2) is 12.5 Å². The molecule has 1 aromatic rings. The van der Waals surface area contributed by atoms with Gasteiger partial charge in [-0.15, -0.1) is 0 Å². The van der Waals surface area contributed by atoms with Gasteiger partial charge in [0.2, 0.25) is 0 Å². The predicted octanol–water partition coefficient (Wildman–Crippen LogP) is 3.15. The van der Waals surface area contributed by atoms with Crippen LogP contribution in [0, 0.1) is 5.41 Å². The molecule has 0 amide bonds. The molecule has 1 heterocycles. The van der Waals surface area contributed by atoms with Crippen LogP contribution in [-0.2, 0) is 17.7 Å². The van der Waals surface area contributed by atoms with Gasteiger partial charge in [0.1, 0.15) is 0 Å². The van der Waals surface area contributed by atoms with E-state index < -0.39 is 0 Å². The monoisotopic (exact) mass is 293 g/mol. The Bertz CT molecular complexity index is 414. The average Bonchev–Trinajstić information content (AvgIpc) is 2.82. The van der Waals surface area contributed by atoms with Crippen molar-refractivity contribution in [2.24, 2.45) is 11.1 Å². The maximum Gasteiger partial charge on any atom is 0.0948 e. The number of aromatic nitrogens is 2. The topological polar surface area (TPSA) is 53.1 Å². The molecule has 0 radical (unpaired) electrons. The van der Waals surface area contributed by atoms with Gasteiger partial charge in [0.05, 0.1) is 12.4 Å². The predicted molar refractivity (Wildman–Crippen MR) is 86.2 cm³/mol. The SMILES string of the molecule is CC(C)(C)Cc1cncn1CCCOC1CCC(N)CC1. The van der Waals surface area contributed by atoms with Crippen molar-refractivity contribution < 1.29 is 4.74 Å². The van der Waals surface area contributed by atoms with Crippen molar-refractivity contribution >= 4 is 0 Å². The molecule has 120 valence electrons. The maximum atomic E-state index is 5.98. The summed E-state index contributed by atoms with van der Waals surface area (Å²) in [5.74, 6) is 0. The summed E-state index contributed by atoms with van der Waals surface area (Å²) in [6, 6.07) is 0.399. The molecule has 1 saturated carbocycles. The van der Waals surface area contributed by atoms with Crippen LogP contribution in [0.5, 0.6) is 0 Å². The molecular formula is C17H31N3O. The second-order valence-electron chi connectivity index (χ2n) is 7.58. The zero-order valence-electron chi connectivity index (χ0n) is 13.8. The van der Waals surface area contributed by atoms with Crippen LogP contribution >= 0.6 is 0 Å². The van der Waals surface area contributed by atoms with Crippen molar-refractivity contribution in [1.82, 2.24) is 9.55 Å². The van der Waals surface area contributed by atoms with Crippen LogP contribution in [0.3, 0.4) is 0 Å². The molecule has 0 aliphatic heterocycles. The highest BCUT2D eigenvalue weighted by Gasteiger charge is 2.18. The molecule has 0 aromatic carbocycles. The summed E-state index contributed by atoms with van der Waals surface area (Å²) in [4.78, 5) is 4.29. The lowest BCUT2D eigenvalue weighted by atomic mass is 9.91. The van der Waals surface area contributed by atoms with E-state index in [1.807, 2.05) is 12.5 Å². The first-order chi connectivity index (χ1) is 9.94. The number of nitrogens with two attached hydrogens (primary N) is 1. The Balaban J connectivity index is 1.68. The number of imidazole rings is 1. The van der Waals surface area contributed by atoms with Crippen molar-refractivity contribution in [1.29, 1.82) is 0 Å². The van der Waals surface area contributed by atoms with Crippen molar-refractivity contribution in [3.63, 3.8) is 0 Å². The highest BCUT2D eigenvalue weighted by molar-refractivity contribution is 5.01. The quantitative estimate of drug-likeness (QED) is 0.820. The smallest absolute Gasteiger partial charge is 0.0948 e. The number of aryl methyl sites for hydroxylation is 1. The average molecular weight is 293 g/mol. The minimum Gasteiger partial charge on any atom is -0.378 e. The number of hydrogen-bond acceptors (Lipinski definition) is 3. The fourth-order valence-electron chi connectivity index (χ4n) is 2.98. The Hall–Kier alpha value is -0.870. The van der Waals surface area contributed by atoms with Gasteiger partial charge in [0, 0.05) is 31.1 Å². The molecule has 2 rings (SSSR count). The standard InChI is InChI=1S/C17H31N3O/c1-17(2,3)11-15-12-19-13-20(15)9-4-10-21-16-7-5-14(18)6-8-16/h12-14,16H,4-11,18H2,1-3H3. The summed E-state index contributed by atoms with van der Waals surface area (Å²) in [5, 5.41) is 0. The third-order valence-electron chi connectivity index (χ3n) is 4.13. The van der Waals surface area contributed by atoms with Crippen LogP contribution in [0.25, 0.3) is 0 Å². The van der Waals surface area contributed by atoms with Crippen LogP contribution in [0.4, 0.5) is 0 Å². The van der Waals surface area contributed by atoms with E-state index in [9.17, 15) is 0 Å². The van der Waals surface area contributed by atoms with Gasteiger partial charge in [-0.3, -0.25) is 0 Å². The van der Waals surface area contributed by atoms with Gasteiger partial charge in [0.15, 0.2) is 0 Å². The second kappa shape index (κ2) is 7.41. The van der Waals surface area contributed by atoms with E-state index in [0.29, 0.717) is 17.6 Å². The van der Waals surface area contributed by atoms with Gasteiger partial charge < -0.3 is 15.0 Å². The normalized spacial score (nSPS) is 23.4. The van der Waals surface area contributed by atoms with Gasteiger partial charge >= 0.3 is 0 Å². The molecule has 0 unspecified atom stereocenters. The van der Waals surface area contributed by atoms with E-state index in [4.69, 9.17) is 10.5 Å². The van der Waals surface area contributed by atoms with Gasteiger partial charge in [-0.25, -0.2) is 4.98 Å². The Kier molecular flexibility index (Phi) is 5.82.